The van der Waals surface area contributed by atoms with Crippen molar-refractivity contribution in [2.45, 2.75) is 26.3 Å². The maximum absolute atomic E-state index is 12.6. The average Bonchev–Trinajstić information content (AvgIpc) is 2.45. The molecule has 0 unspecified atom stereocenters. The standard InChI is InChI=1S/C15H16N2O5/c1-10(18)22-9-15(2,3)16-8-7-11-12(14(16)19)5-4-6-13(11)17(20)21/h4-8H,9H2,1-3H3. The van der Waals surface area contributed by atoms with Crippen LogP contribution in [-0.2, 0) is 15.1 Å². The second-order valence-electron chi connectivity index (χ2n) is 5.58. The SMILES string of the molecule is CC(=O)OCC(C)(C)n1ccc2c([N+](=O)[O-])cccc2c1=O. The summed E-state index contributed by atoms with van der Waals surface area (Å²) in [5, 5.41) is 11.6. The van der Waals surface area contributed by atoms with E-state index in [0.29, 0.717) is 0 Å². The van der Waals surface area contributed by atoms with Gasteiger partial charge in [-0.1, -0.05) is 6.07 Å². The summed E-state index contributed by atoms with van der Waals surface area (Å²) in [7, 11) is 0. The van der Waals surface area contributed by atoms with E-state index in [1.54, 1.807) is 19.9 Å². The molecule has 0 aliphatic heterocycles. The number of benzene rings is 1. The molecule has 0 bridgehead atoms. The number of fused-ring (bicyclic) bond motifs is 1. The van der Waals surface area contributed by atoms with Crippen LogP contribution in [0.25, 0.3) is 10.8 Å². The number of non-ortho nitro benzene ring substituents is 1. The van der Waals surface area contributed by atoms with Gasteiger partial charge in [0, 0.05) is 19.2 Å². The molecule has 0 spiro atoms. The van der Waals surface area contributed by atoms with Crippen LogP contribution in [0.4, 0.5) is 5.69 Å². The van der Waals surface area contributed by atoms with Gasteiger partial charge in [-0.3, -0.25) is 19.7 Å². The Kier molecular flexibility index (Phi) is 3.99. The van der Waals surface area contributed by atoms with E-state index in [0.717, 1.165) is 0 Å². The number of ether oxygens (including phenoxy) is 1. The van der Waals surface area contributed by atoms with Gasteiger partial charge in [0.25, 0.3) is 11.2 Å². The molecular weight excluding hydrogens is 288 g/mol. The first kappa shape index (κ1) is 15.7. The number of esters is 1. The smallest absolute Gasteiger partial charge is 0.302 e. The van der Waals surface area contributed by atoms with Gasteiger partial charge < -0.3 is 9.30 Å². The monoisotopic (exact) mass is 304 g/mol. The number of rotatable bonds is 4. The molecule has 0 saturated carbocycles. The molecule has 7 nitrogen and oxygen atoms in total. The number of hydrogen-bond donors (Lipinski definition) is 0. The molecule has 7 heteroatoms. The average molecular weight is 304 g/mol. The van der Waals surface area contributed by atoms with Crippen molar-refractivity contribution in [2.75, 3.05) is 6.61 Å². The van der Waals surface area contributed by atoms with Gasteiger partial charge in [-0.2, -0.15) is 0 Å². The molecule has 0 amide bonds. The number of carbonyl (C=O) groups excluding carboxylic acids is 1. The van der Waals surface area contributed by atoms with Crippen LogP contribution >= 0.6 is 0 Å². The first-order chi connectivity index (χ1) is 10.2. The predicted molar refractivity (Wildman–Crippen MR) is 80.8 cm³/mol. The van der Waals surface area contributed by atoms with E-state index in [9.17, 15) is 19.7 Å². The van der Waals surface area contributed by atoms with Crippen LogP contribution in [0.3, 0.4) is 0 Å². The number of pyridine rings is 1. The number of aromatic nitrogens is 1. The lowest BCUT2D eigenvalue weighted by atomic mass is 10.0. The van der Waals surface area contributed by atoms with E-state index in [1.807, 2.05) is 0 Å². The zero-order chi connectivity index (χ0) is 16.5. The van der Waals surface area contributed by atoms with Crippen molar-refractivity contribution >= 4 is 22.4 Å². The number of carbonyl (C=O) groups is 1. The summed E-state index contributed by atoms with van der Waals surface area (Å²) in [5.74, 6) is -0.433. The fourth-order valence-corrected chi connectivity index (χ4v) is 2.24. The Hall–Kier alpha value is -2.70. The first-order valence-electron chi connectivity index (χ1n) is 6.66. The van der Waals surface area contributed by atoms with Gasteiger partial charge in [0.05, 0.1) is 21.2 Å². The lowest BCUT2D eigenvalue weighted by molar-refractivity contribution is -0.383. The van der Waals surface area contributed by atoms with Crippen molar-refractivity contribution in [3.8, 4) is 0 Å². The zero-order valence-electron chi connectivity index (χ0n) is 12.5. The second kappa shape index (κ2) is 5.59. The van der Waals surface area contributed by atoms with Crippen LogP contribution in [0.15, 0.2) is 35.3 Å². The van der Waals surface area contributed by atoms with Crippen molar-refractivity contribution in [3.63, 3.8) is 0 Å². The van der Waals surface area contributed by atoms with Crippen LogP contribution in [-0.4, -0.2) is 22.1 Å². The minimum absolute atomic E-state index is 0.0304. The number of nitrogens with zero attached hydrogens (tertiary/aromatic N) is 2. The van der Waals surface area contributed by atoms with Gasteiger partial charge in [-0.25, -0.2) is 0 Å². The lowest BCUT2D eigenvalue weighted by Crippen LogP contribution is -2.40. The maximum Gasteiger partial charge on any atom is 0.302 e. The Balaban J connectivity index is 2.59. The molecule has 2 aromatic rings. The molecule has 0 aliphatic carbocycles. The summed E-state index contributed by atoms with van der Waals surface area (Å²) < 4.78 is 6.40. The van der Waals surface area contributed by atoms with E-state index >= 15 is 0 Å². The first-order valence-corrected chi connectivity index (χ1v) is 6.66. The largest absolute Gasteiger partial charge is 0.463 e. The zero-order valence-corrected chi connectivity index (χ0v) is 12.5. The highest BCUT2D eigenvalue weighted by atomic mass is 16.6. The predicted octanol–water partition coefficient (Wildman–Crippen LogP) is 2.21. The highest BCUT2D eigenvalue weighted by Gasteiger charge is 2.25. The third-order valence-electron chi connectivity index (χ3n) is 3.40. The fraction of sp³-hybridized carbons (Fsp3) is 0.333. The number of nitro groups is 1. The van der Waals surface area contributed by atoms with Crippen LogP contribution in [0, 0.1) is 10.1 Å². The van der Waals surface area contributed by atoms with E-state index in [2.05, 4.69) is 0 Å². The quantitative estimate of drug-likeness (QED) is 0.490. The summed E-state index contributed by atoms with van der Waals surface area (Å²) in [6.07, 6.45) is 1.49. The Morgan fingerprint density at radius 2 is 2.00 bits per heavy atom. The van der Waals surface area contributed by atoms with Crippen molar-refractivity contribution in [3.05, 3.63) is 50.9 Å². The highest BCUT2D eigenvalue weighted by Crippen LogP contribution is 2.24. The Morgan fingerprint density at radius 1 is 1.32 bits per heavy atom. The van der Waals surface area contributed by atoms with E-state index in [1.165, 1.54) is 35.9 Å². The molecule has 1 aromatic carbocycles. The van der Waals surface area contributed by atoms with Crippen LogP contribution < -0.4 is 5.56 Å². The summed E-state index contributed by atoms with van der Waals surface area (Å²) in [6, 6.07) is 5.91. The summed E-state index contributed by atoms with van der Waals surface area (Å²) in [4.78, 5) is 34.1. The van der Waals surface area contributed by atoms with Gasteiger partial charge in [-0.05, 0) is 26.0 Å². The molecule has 116 valence electrons. The molecule has 0 saturated heterocycles. The molecule has 22 heavy (non-hydrogen) atoms. The van der Waals surface area contributed by atoms with E-state index in [-0.39, 0.29) is 28.6 Å². The number of nitro benzene ring substituents is 1. The molecule has 1 heterocycles. The topological polar surface area (TPSA) is 91.4 Å². The molecule has 0 N–H and O–H groups in total. The van der Waals surface area contributed by atoms with Crippen LogP contribution in [0.1, 0.15) is 20.8 Å². The van der Waals surface area contributed by atoms with Crippen LogP contribution in [0.5, 0.6) is 0 Å². The lowest BCUT2D eigenvalue weighted by Gasteiger charge is -2.27. The Bertz CT molecular complexity index is 807. The minimum atomic E-state index is -0.762. The van der Waals surface area contributed by atoms with Crippen LogP contribution in [0.2, 0.25) is 0 Å². The van der Waals surface area contributed by atoms with Gasteiger partial charge >= 0.3 is 5.97 Å². The Labute approximate surface area is 126 Å². The van der Waals surface area contributed by atoms with Gasteiger partial charge in [0.15, 0.2) is 0 Å². The molecule has 2 rings (SSSR count). The fourth-order valence-electron chi connectivity index (χ4n) is 2.24. The van der Waals surface area contributed by atoms with Gasteiger partial charge in [-0.15, -0.1) is 0 Å². The normalized spacial score (nSPS) is 11.4. The molecule has 0 radical (unpaired) electrons. The van der Waals surface area contributed by atoms with Gasteiger partial charge in [0.2, 0.25) is 0 Å². The van der Waals surface area contributed by atoms with Gasteiger partial charge in [0.1, 0.15) is 6.61 Å². The maximum atomic E-state index is 12.6. The van der Waals surface area contributed by atoms with Crippen molar-refractivity contribution in [1.29, 1.82) is 0 Å². The van der Waals surface area contributed by atoms with Crippen molar-refractivity contribution in [1.82, 2.24) is 4.57 Å². The molecular formula is C15H16N2O5. The summed E-state index contributed by atoms with van der Waals surface area (Å²) in [5.41, 5.74) is -1.24. The minimum Gasteiger partial charge on any atom is -0.463 e. The van der Waals surface area contributed by atoms with E-state index in [4.69, 9.17) is 4.74 Å². The highest BCUT2D eigenvalue weighted by molar-refractivity contribution is 5.89. The molecule has 0 fully saturated rings. The molecule has 0 aliphatic rings. The summed E-state index contributed by atoms with van der Waals surface area (Å²) in [6.45, 7) is 4.83. The number of hydrogen-bond acceptors (Lipinski definition) is 5. The second-order valence-corrected chi connectivity index (χ2v) is 5.58. The van der Waals surface area contributed by atoms with Crippen molar-refractivity contribution in [2.24, 2.45) is 0 Å². The van der Waals surface area contributed by atoms with E-state index < -0.39 is 16.4 Å². The third-order valence-corrected chi connectivity index (χ3v) is 3.40. The molecule has 0 atom stereocenters. The third kappa shape index (κ3) is 2.83. The summed E-state index contributed by atoms with van der Waals surface area (Å²) >= 11 is 0. The van der Waals surface area contributed by atoms with Crippen molar-refractivity contribution < 1.29 is 14.5 Å². The molecule has 1 aromatic heterocycles. The Morgan fingerprint density at radius 3 is 2.59 bits per heavy atom.